The Hall–Kier alpha value is -1.80. The zero-order valence-electron chi connectivity index (χ0n) is 12.5. The summed E-state index contributed by atoms with van der Waals surface area (Å²) in [4.78, 5) is 0. The Labute approximate surface area is 127 Å². The van der Waals surface area contributed by atoms with Crippen LogP contribution in [0.5, 0.6) is 5.75 Å². The predicted molar refractivity (Wildman–Crippen MR) is 85.9 cm³/mol. The first-order chi connectivity index (χ1) is 10.4. The summed E-state index contributed by atoms with van der Waals surface area (Å²) in [5, 5.41) is 4.51. The molecule has 0 N–H and O–H groups in total. The SMILES string of the molecule is COc1ccccc1C(c1ccccc1)C1CC[N]CC1. The van der Waals surface area contributed by atoms with E-state index in [1.807, 2.05) is 6.07 Å². The molecule has 1 heterocycles. The zero-order valence-corrected chi connectivity index (χ0v) is 12.5. The smallest absolute Gasteiger partial charge is 0.122 e. The second-order valence-electron chi connectivity index (χ2n) is 5.64. The van der Waals surface area contributed by atoms with Crippen LogP contribution in [0.3, 0.4) is 0 Å². The van der Waals surface area contributed by atoms with E-state index >= 15 is 0 Å². The van der Waals surface area contributed by atoms with Gasteiger partial charge in [0.15, 0.2) is 0 Å². The van der Waals surface area contributed by atoms with Crippen molar-refractivity contribution >= 4 is 0 Å². The molecule has 0 amide bonds. The third-order valence-electron chi connectivity index (χ3n) is 4.42. The molecule has 2 aromatic carbocycles. The van der Waals surface area contributed by atoms with Gasteiger partial charge in [0.1, 0.15) is 5.75 Å². The molecule has 1 fully saturated rings. The molecule has 2 heteroatoms. The second-order valence-corrected chi connectivity index (χ2v) is 5.64. The van der Waals surface area contributed by atoms with Crippen LogP contribution in [-0.4, -0.2) is 20.2 Å². The van der Waals surface area contributed by atoms with Crippen molar-refractivity contribution in [1.29, 1.82) is 0 Å². The highest BCUT2D eigenvalue weighted by molar-refractivity contribution is 5.42. The monoisotopic (exact) mass is 280 g/mol. The number of piperidine rings is 1. The molecule has 1 aliphatic heterocycles. The van der Waals surface area contributed by atoms with Crippen molar-refractivity contribution in [3.05, 3.63) is 65.7 Å². The van der Waals surface area contributed by atoms with Crippen molar-refractivity contribution in [2.75, 3.05) is 20.2 Å². The highest BCUT2D eigenvalue weighted by Gasteiger charge is 2.28. The van der Waals surface area contributed by atoms with Crippen LogP contribution in [0.1, 0.15) is 29.9 Å². The maximum absolute atomic E-state index is 5.62. The second kappa shape index (κ2) is 6.77. The number of para-hydroxylation sites is 1. The Bertz CT molecular complexity index is 561. The van der Waals surface area contributed by atoms with Gasteiger partial charge in [-0.1, -0.05) is 48.5 Å². The molecule has 1 aliphatic rings. The van der Waals surface area contributed by atoms with Gasteiger partial charge in [0.05, 0.1) is 7.11 Å². The maximum atomic E-state index is 5.62. The number of ether oxygens (including phenoxy) is 1. The fraction of sp³-hybridized carbons (Fsp3) is 0.368. The van der Waals surface area contributed by atoms with Gasteiger partial charge in [-0.2, -0.15) is 0 Å². The molecule has 1 atom stereocenters. The Morgan fingerprint density at radius 3 is 2.33 bits per heavy atom. The first-order valence-corrected chi connectivity index (χ1v) is 7.71. The van der Waals surface area contributed by atoms with Gasteiger partial charge < -0.3 is 4.74 Å². The molecule has 0 spiro atoms. The summed E-state index contributed by atoms with van der Waals surface area (Å²) in [6.45, 7) is 1.98. The first-order valence-electron chi connectivity index (χ1n) is 7.71. The summed E-state index contributed by atoms with van der Waals surface area (Å²) in [5.41, 5.74) is 2.69. The normalized spacial score (nSPS) is 17.4. The van der Waals surface area contributed by atoms with Gasteiger partial charge in [-0.3, -0.25) is 0 Å². The summed E-state index contributed by atoms with van der Waals surface area (Å²) in [6.07, 6.45) is 2.33. The Kier molecular flexibility index (Phi) is 4.56. The molecule has 1 saturated heterocycles. The van der Waals surface area contributed by atoms with Gasteiger partial charge in [0.2, 0.25) is 0 Å². The van der Waals surface area contributed by atoms with E-state index in [-0.39, 0.29) is 0 Å². The Balaban J connectivity index is 2.03. The minimum atomic E-state index is 0.401. The zero-order chi connectivity index (χ0) is 14.5. The highest BCUT2D eigenvalue weighted by atomic mass is 16.5. The van der Waals surface area contributed by atoms with Crippen LogP contribution >= 0.6 is 0 Å². The molecule has 109 valence electrons. The number of rotatable bonds is 4. The molecule has 1 unspecified atom stereocenters. The van der Waals surface area contributed by atoms with Gasteiger partial charge in [-0.25, -0.2) is 5.32 Å². The molecule has 2 aromatic rings. The van der Waals surface area contributed by atoms with Gasteiger partial charge in [0, 0.05) is 24.6 Å². The van der Waals surface area contributed by atoms with Crippen molar-refractivity contribution in [3.8, 4) is 5.75 Å². The molecule has 0 aliphatic carbocycles. The van der Waals surface area contributed by atoms with Crippen LogP contribution in [0.2, 0.25) is 0 Å². The molecule has 0 aromatic heterocycles. The molecule has 0 bridgehead atoms. The van der Waals surface area contributed by atoms with Crippen molar-refractivity contribution in [3.63, 3.8) is 0 Å². The van der Waals surface area contributed by atoms with E-state index in [2.05, 4.69) is 53.8 Å². The lowest BCUT2D eigenvalue weighted by Gasteiger charge is -2.31. The third kappa shape index (κ3) is 3.11. The predicted octanol–water partition coefficient (Wildman–Crippen LogP) is 3.84. The van der Waals surface area contributed by atoms with Crippen LogP contribution in [0.4, 0.5) is 0 Å². The van der Waals surface area contributed by atoms with Crippen molar-refractivity contribution in [2.45, 2.75) is 18.8 Å². The maximum Gasteiger partial charge on any atom is 0.122 e. The lowest BCUT2D eigenvalue weighted by atomic mass is 9.76. The van der Waals surface area contributed by atoms with E-state index in [0.717, 1.165) is 31.7 Å². The Morgan fingerprint density at radius 2 is 1.62 bits per heavy atom. The van der Waals surface area contributed by atoms with Gasteiger partial charge in [0.25, 0.3) is 0 Å². The lowest BCUT2D eigenvalue weighted by Crippen LogP contribution is -2.27. The number of methoxy groups -OCH3 is 1. The molecule has 21 heavy (non-hydrogen) atoms. The van der Waals surface area contributed by atoms with Crippen LogP contribution in [0.25, 0.3) is 0 Å². The van der Waals surface area contributed by atoms with E-state index in [1.165, 1.54) is 11.1 Å². The molecule has 2 nitrogen and oxygen atoms in total. The summed E-state index contributed by atoms with van der Waals surface area (Å²) >= 11 is 0. The van der Waals surface area contributed by atoms with E-state index in [9.17, 15) is 0 Å². The standard InChI is InChI=1S/C19H22NO/c1-21-18-10-6-5-9-17(18)19(15-7-3-2-4-8-15)16-11-13-20-14-12-16/h2-10,16,19H,11-14H2,1H3. The number of hydrogen-bond donors (Lipinski definition) is 0. The number of benzene rings is 2. The number of nitrogens with zero attached hydrogens (tertiary/aromatic N) is 1. The van der Waals surface area contributed by atoms with Crippen LogP contribution < -0.4 is 10.1 Å². The van der Waals surface area contributed by atoms with Gasteiger partial charge in [-0.05, 0) is 30.4 Å². The van der Waals surface area contributed by atoms with E-state index in [0.29, 0.717) is 11.8 Å². The van der Waals surface area contributed by atoms with Crippen LogP contribution in [0.15, 0.2) is 54.6 Å². The summed E-state index contributed by atoms with van der Waals surface area (Å²) in [7, 11) is 1.76. The van der Waals surface area contributed by atoms with Gasteiger partial charge in [-0.15, -0.1) is 0 Å². The minimum Gasteiger partial charge on any atom is -0.496 e. The molecule has 3 rings (SSSR count). The fourth-order valence-electron chi connectivity index (χ4n) is 3.39. The van der Waals surface area contributed by atoms with Gasteiger partial charge >= 0.3 is 0 Å². The minimum absolute atomic E-state index is 0.401. The van der Waals surface area contributed by atoms with Crippen LogP contribution in [0, 0.1) is 5.92 Å². The van der Waals surface area contributed by atoms with Crippen molar-refractivity contribution in [2.24, 2.45) is 5.92 Å². The van der Waals surface area contributed by atoms with Crippen LogP contribution in [-0.2, 0) is 0 Å². The van der Waals surface area contributed by atoms with Crippen molar-refractivity contribution in [1.82, 2.24) is 5.32 Å². The summed E-state index contributed by atoms with van der Waals surface area (Å²) < 4.78 is 5.62. The Morgan fingerprint density at radius 1 is 0.952 bits per heavy atom. The largest absolute Gasteiger partial charge is 0.496 e. The average Bonchev–Trinajstić information content (AvgIpc) is 2.58. The quantitative estimate of drug-likeness (QED) is 0.834. The van der Waals surface area contributed by atoms with E-state index in [1.54, 1.807) is 7.11 Å². The molecule has 1 radical (unpaired) electrons. The van der Waals surface area contributed by atoms with Crippen molar-refractivity contribution < 1.29 is 4.74 Å². The molecular formula is C19H22NO. The summed E-state index contributed by atoms with van der Waals surface area (Å²) in [5.74, 6) is 2.04. The average molecular weight is 280 g/mol. The molecule has 0 saturated carbocycles. The van der Waals surface area contributed by atoms with E-state index in [4.69, 9.17) is 4.74 Å². The van der Waals surface area contributed by atoms with E-state index < -0.39 is 0 Å². The molecular weight excluding hydrogens is 258 g/mol. The number of hydrogen-bond acceptors (Lipinski definition) is 1. The third-order valence-corrected chi connectivity index (χ3v) is 4.42. The lowest BCUT2D eigenvalue weighted by molar-refractivity contribution is 0.329. The first kappa shape index (κ1) is 14.2. The fourth-order valence-corrected chi connectivity index (χ4v) is 3.39. The topological polar surface area (TPSA) is 23.3 Å². The highest BCUT2D eigenvalue weighted by Crippen LogP contribution is 2.40. The summed E-state index contributed by atoms with van der Waals surface area (Å²) in [6, 6.07) is 19.3.